The number of nitrogens with zero attached hydrogens (tertiary/aromatic N) is 1. The highest BCUT2D eigenvalue weighted by Crippen LogP contribution is 2.29. The van der Waals surface area contributed by atoms with Crippen molar-refractivity contribution in [3.05, 3.63) is 28.3 Å². The Balaban J connectivity index is 3.27. The monoisotopic (exact) mass is 210 g/mol. The molecule has 72 valence electrons. The third-order valence-corrected chi connectivity index (χ3v) is 1.97. The minimum atomic E-state index is -2.77. The van der Waals surface area contributed by atoms with E-state index in [9.17, 15) is 13.2 Å². The zero-order valence-corrected chi connectivity index (χ0v) is 7.15. The molecular formula is C7H6ClF3N2. The topological polar surface area (TPSA) is 38.9 Å². The second kappa shape index (κ2) is 3.93. The van der Waals surface area contributed by atoms with Crippen molar-refractivity contribution in [2.24, 2.45) is 5.73 Å². The fourth-order valence-electron chi connectivity index (χ4n) is 0.852. The Morgan fingerprint density at radius 1 is 1.54 bits per heavy atom. The van der Waals surface area contributed by atoms with E-state index >= 15 is 0 Å². The van der Waals surface area contributed by atoms with Gasteiger partial charge in [0.1, 0.15) is 0 Å². The number of aromatic nitrogens is 1. The minimum Gasteiger partial charge on any atom is -0.326 e. The maximum absolute atomic E-state index is 12.8. The van der Waals surface area contributed by atoms with E-state index in [4.69, 9.17) is 17.3 Å². The molecule has 0 aromatic carbocycles. The van der Waals surface area contributed by atoms with Gasteiger partial charge < -0.3 is 5.73 Å². The van der Waals surface area contributed by atoms with Crippen LogP contribution in [0.4, 0.5) is 13.2 Å². The molecule has 1 rings (SSSR count). The second-order valence-electron chi connectivity index (χ2n) is 2.30. The van der Waals surface area contributed by atoms with Gasteiger partial charge in [-0.25, -0.2) is 13.8 Å². The highest BCUT2D eigenvalue weighted by atomic mass is 35.5. The van der Waals surface area contributed by atoms with Gasteiger partial charge in [-0.1, -0.05) is 11.6 Å². The average Bonchev–Trinajstić information content (AvgIpc) is 2.04. The standard InChI is InChI=1S/C7H6ClF3N2/c8-5-3(1-12)7(11)13-2-4(5)6(9)10/h2,6H,1,12H2. The van der Waals surface area contributed by atoms with E-state index in [1.54, 1.807) is 0 Å². The lowest BCUT2D eigenvalue weighted by Gasteiger charge is -2.06. The van der Waals surface area contributed by atoms with Crippen LogP contribution in [0.1, 0.15) is 17.6 Å². The summed E-state index contributed by atoms with van der Waals surface area (Å²) in [5, 5.41) is -0.343. The lowest BCUT2D eigenvalue weighted by Crippen LogP contribution is -2.05. The van der Waals surface area contributed by atoms with Gasteiger partial charge in [-0.3, -0.25) is 0 Å². The van der Waals surface area contributed by atoms with Crippen LogP contribution in [0.3, 0.4) is 0 Å². The summed E-state index contributed by atoms with van der Waals surface area (Å²) < 4.78 is 37.2. The van der Waals surface area contributed by atoms with E-state index in [-0.39, 0.29) is 17.1 Å². The summed E-state index contributed by atoms with van der Waals surface area (Å²) in [6.07, 6.45) is -2.06. The van der Waals surface area contributed by atoms with Gasteiger partial charge in [-0.2, -0.15) is 4.39 Å². The molecule has 0 saturated heterocycles. The minimum absolute atomic E-state index is 0.181. The highest BCUT2D eigenvalue weighted by molar-refractivity contribution is 6.32. The van der Waals surface area contributed by atoms with Crippen LogP contribution in [0.25, 0.3) is 0 Å². The number of hydrogen-bond acceptors (Lipinski definition) is 2. The fraction of sp³-hybridized carbons (Fsp3) is 0.286. The predicted molar refractivity (Wildman–Crippen MR) is 42.1 cm³/mol. The van der Waals surface area contributed by atoms with E-state index in [0.717, 1.165) is 0 Å². The molecule has 2 nitrogen and oxygen atoms in total. The van der Waals surface area contributed by atoms with Crippen molar-refractivity contribution < 1.29 is 13.2 Å². The zero-order valence-electron chi connectivity index (χ0n) is 6.40. The van der Waals surface area contributed by atoms with Crippen molar-refractivity contribution in [3.63, 3.8) is 0 Å². The highest BCUT2D eigenvalue weighted by Gasteiger charge is 2.17. The Hall–Kier alpha value is -0.810. The second-order valence-corrected chi connectivity index (χ2v) is 2.68. The summed E-state index contributed by atoms with van der Waals surface area (Å²) in [6, 6.07) is 0. The molecule has 0 aliphatic rings. The largest absolute Gasteiger partial charge is 0.326 e. The fourth-order valence-corrected chi connectivity index (χ4v) is 1.14. The molecule has 0 fully saturated rings. The van der Waals surface area contributed by atoms with Crippen molar-refractivity contribution in [2.75, 3.05) is 0 Å². The first kappa shape index (κ1) is 10.3. The van der Waals surface area contributed by atoms with Gasteiger partial charge in [0.25, 0.3) is 6.43 Å². The van der Waals surface area contributed by atoms with Crippen LogP contribution in [0.2, 0.25) is 5.02 Å². The van der Waals surface area contributed by atoms with Gasteiger partial charge in [-0.05, 0) is 0 Å². The molecule has 1 aromatic rings. The van der Waals surface area contributed by atoms with Crippen molar-refractivity contribution in [2.45, 2.75) is 13.0 Å². The summed E-state index contributed by atoms with van der Waals surface area (Å²) >= 11 is 5.47. The predicted octanol–water partition coefficient (Wildman–Crippen LogP) is 2.27. The average molecular weight is 211 g/mol. The lowest BCUT2D eigenvalue weighted by atomic mass is 10.2. The van der Waals surface area contributed by atoms with E-state index in [0.29, 0.717) is 6.20 Å². The molecule has 13 heavy (non-hydrogen) atoms. The molecule has 0 unspecified atom stereocenters. The summed E-state index contributed by atoms with van der Waals surface area (Å²) in [5.74, 6) is -0.906. The van der Waals surface area contributed by atoms with E-state index < -0.39 is 17.9 Å². The van der Waals surface area contributed by atoms with Crippen molar-refractivity contribution in [1.29, 1.82) is 0 Å². The molecule has 0 saturated carbocycles. The maximum Gasteiger partial charge on any atom is 0.266 e. The molecule has 0 radical (unpaired) electrons. The summed E-state index contributed by atoms with van der Waals surface area (Å²) in [6.45, 7) is -0.252. The summed E-state index contributed by atoms with van der Waals surface area (Å²) in [5.41, 5.74) is 4.43. The van der Waals surface area contributed by atoms with Crippen LogP contribution < -0.4 is 5.73 Å². The van der Waals surface area contributed by atoms with Crippen molar-refractivity contribution in [1.82, 2.24) is 4.98 Å². The Labute approximate surface area is 77.5 Å². The molecular weight excluding hydrogens is 205 g/mol. The Morgan fingerprint density at radius 3 is 2.62 bits per heavy atom. The van der Waals surface area contributed by atoms with Gasteiger partial charge in [0, 0.05) is 18.3 Å². The van der Waals surface area contributed by atoms with Crippen LogP contribution in [0.15, 0.2) is 6.20 Å². The zero-order chi connectivity index (χ0) is 10.0. The molecule has 0 bridgehead atoms. The number of halogens is 4. The van der Waals surface area contributed by atoms with Crippen molar-refractivity contribution in [3.8, 4) is 0 Å². The first-order valence-electron chi connectivity index (χ1n) is 3.39. The quantitative estimate of drug-likeness (QED) is 0.761. The lowest BCUT2D eigenvalue weighted by molar-refractivity contribution is 0.150. The molecule has 0 aliphatic heterocycles. The number of rotatable bonds is 2. The van der Waals surface area contributed by atoms with Crippen LogP contribution in [-0.4, -0.2) is 4.98 Å². The van der Waals surface area contributed by atoms with Gasteiger partial charge >= 0.3 is 0 Å². The Kier molecular flexibility index (Phi) is 3.11. The van der Waals surface area contributed by atoms with Crippen LogP contribution >= 0.6 is 11.6 Å². The normalized spacial score (nSPS) is 10.9. The first-order valence-corrected chi connectivity index (χ1v) is 3.76. The summed E-state index contributed by atoms with van der Waals surface area (Å²) in [7, 11) is 0. The third-order valence-electron chi connectivity index (χ3n) is 1.52. The van der Waals surface area contributed by atoms with Gasteiger partial charge in [0.15, 0.2) is 0 Å². The van der Waals surface area contributed by atoms with E-state index in [1.165, 1.54) is 0 Å². The Bertz CT molecular complexity index is 317. The summed E-state index contributed by atoms with van der Waals surface area (Å²) in [4.78, 5) is 3.12. The van der Waals surface area contributed by atoms with Crippen LogP contribution in [0, 0.1) is 5.95 Å². The maximum atomic E-state index is 12.8. The molecule has 0 atom stereocenters. The van der Waals surface area contributed by atoms with Crippen LogP contribution in [-0.2, 0) is 6.54 Å². The number of hydrogen-bond donors (Lipinski definition) is 1. The molecule has 0 spiro atoms. The van der Waals surface area contributed by atoms with Crippen LogP contribution in [0.5, 0.6) is 0 Å². The third kappa shape index (κ3) is 1.92. The molecule has 1 aromatic heterocycles. The van der Waals surface area contributed by atoms with Gasteiger partial charge in [0.05, 0.1) is 10.6 Å². The SMILES string of the molecule is NCc1c(F)ncc(C(F)F)c1Cl. The van der Waals surface area contributed by atoms with Gasteiger partial charge in [0.2, 0.25) is 5.95 Å². The Morgan fingerprint density at radius 2 is 2.15 bits per heavy atom. The van der Waals surface area contributed by atoms with Gasteiger partial charge in [-0.15, -0.1) is 0 Å². The molecule has 2 N–H and O–H groups in total. The number of alkyl halides is 2. The first-order chi connectivity index (χ1) is 6.07. The smallest absolute Gasteiger partial charge is 0.266 e. The molecule has 0 aliphatic carbocycles. The van der Waals surface area contributed by atoms with E-state index in [2.05, 4.69) is 4.98 Å². The number of nitrogens with two attached hydrogens (primary N) is 1. The molecule has 0 amide bonds. The molecule has 1 heterocycles. The van der Waals surface area contributed by atoms with Crippen molar-refractivity contribution >= 4 is 11.6 Å². The number of pyridine rings is 1. The van der Waals surface area contributed by atoms with E-state index in [1.807, 2.05) is 0 Å². The molecule has 6 heteroatoms.